The molecule has 1 saturated carbocycles. The Morgan fingerprint density at radius 1 is 1.43 bits per heavy atom. The molecule has 0 saturated heterocycles. The molecule has 0 bridgehead atoms. The predicted molar refractivity (Wildman–Crippen MR) is 83.9 cm³/mol. The molecule has 21 heavy (non-hydrogen) atoms. The Kier molecular flexibility index (Phi) is 5.03. The molecule has 1 aromatic heterocycles. The smallest absolute Gasteiger partial charge is 0.140 e. The highest BCUT2D eigenvalue weighted by Gasteiger charge is 2.18. The number of ether oxygens (including phenoxy) is 1. The largest absolute Gasteiger partial charge is 0.491 e. The van der Waals surface area contributed by atoms with Crippen molar-refractivity contribution >= 4 is 5.70 Å². The van der Waals surface area contributed by atoms with Crippen molar-refractivity contribution in [1.29, 1.82) is 0 Å². The van der Waals surface area contributed by atoms with Crippen LogP contribution in [0.1, 0.15) is 30.7 Å². The van der Waals surface area contributed by atoms with E-state index in [0.717, 1.165) is 18.1 Å². The van der Waals surface area contributed by atoms with Crippen molar-refractivity contribution < 1.29 is 4.74 Å². The summed E-state index contributed by atoms with van der Waals surface area (Å²) in [6, 6.07) is 3.76. The van der Waals surface area contributed by atoms with Gasteiger partial charge in [0, 0.05) is 13.6 Å². The van der Waals surface area contributed by atoms with Gasteiger partial charge in [0.15, 0.2) is 0 Å². The zero-order valence-corrected chi connectivity index (χ0v) is 12.8. The second-order valence-corrected chi connectivity index (χ2v) is 5.56. The summed E-state index contributed by atoms with van der Waals surface area (Å²) in [5.74, 6) is 7.23. The van der Waals surface area contributed by atoms with Crippen LogP contribution in [-0.4, -0.2) is 30.2 Å². The van der Waals surface area contributed by atoms with Crippen LogP contribution in [0, 0.1) is 12.8 Å². The summed E-state index contributed by atoms with van der Waals surface area (Å²) in [5.41, 5.74) is 14.4. The maximum atomic E-state index is 6.10. The van der Waals surface area contributed by atoms with Gasteiger partial charge in [-0.25, -0.2) is 10.8 Å². The van der Waals surface area contributed by atoms with Crippen LogP contribution in [0.3, 0.4) is 0 Å². The zero-order valence-electron chi connectivity index (χ0n) is 12.8. The van der Waals surface area contributed by atoms with Gasteiger partial charge in [-0.3, -0.25) is 0 Å². The molecule has 0 radical (unpaired) electrons. The molecule has 0 atom stereocenters. The first-order valence-electron chi connectivity index (χ1n) is 7.30. The molecule has 0 aliphatic heterocycles. The van der Waals surface area contributed by atoms with E-state index in [1.165, 1.54) is 24.3 Å². The van der Waals surface area contributed by atoms with Crippen LogP contribution in [0.25, 0.3) is 5.70 Å². The van der Waals surface area contributed by atoms with Gasteiger partial charge in [0.25, 0.3) is 0 Å². The molecule has 1 aromatic rings. The van der Waals surface area contributed by atoms with Crippen molar-refractivity contribution in [3.8, 4) is 5.75 Å². The number of rotatable bonds is 6. The van der Waals surface area contributed by atoms with Crippen LogP contribution in [0.2, 0.25) is 0 Å². The number of nitrogens with zero attached hydrogens (tertiary/aromatic N) is 2. The summed E-state index contributed by atoms with van der Waals surface area (Å²) in [5, 5.41) is 1.42. The van der Waals surface area contributed by atoms with Gasteiger partial charge >= 0.3 is 0 Å². The van der Waals surface area contributed by atoms with Crippen LogP contribution >= 0.6 is 0 Å². The minimum absolute atomic E-state index is 0.263. The lowest BCUT2D eigenvalue weighted by molar-refractivity contribution is 0.179. The quantitative estimate of drug-likeness (QED) is 0.533. The Balaban J connectivity index is 2.13. The van der Waals surface area contributed by atoms with Gasteiger partial charge < -0.3 is 21.2 Å². The number of pyridine rings is 1. The lowest BCUT2D eigenvalue weighted by Gasteiger charge is -2.25. The summed E-state index contributed by atoms with van der Waals surface area (Å²) >= 11 is 0. The minimum Gasteiger partial charge on any atom is -0.491 e. The lowest BCUT2D eigenvalue weighted by atomic mass is 9.86. The van der Waals surface area contributed by atoms with Crippen LogP contribution in [0.4, 0.5) is 0 Å². The Labute approximate surface area is 125 Å². The van der Waals surface area contributed by atoms with E-state index in [2.05, 4.69) is 4.98 Å². The third-order valence-electron chi connectivity index (χ3n) is 3.94. The van der Waals surface area contributed by atoms with Gasteiger partial charge in [0.1, 0.15) is 5.75 Å². The molecular weight excluding hydrogens is 266 g/mol. The van der Waals surface area contributed by atoms with Crippen LogP contribution in [-0.2, 0) is 0 Å². The molecule has 116 valence electrons. The first-order valence-corrected chi connectivity index (χ1v) is 7.30. The molecule has 0 unspecified atom stereocenters. The van der Waals surface area contributed by atoms with E-state index in [9.17, 15) is 0 Å². The molecule has 2 rings (SSSR count). The number of hydrogen-bond donors (Lipinski definition) is 3. The number of nitrogens with two attached hydrogens (primary N) is 3. The molecule has 6 heteroatoms. The Bertz CT molecular complexity index is 523. The normalized spacial score (nSPS) is 16.2. The topological polar surface area (TPSA) is 103 Å². The van der Waals surface area contributed by atoms with Crippen LogP contribution in [0.15, 0.2) is 17.8 Å². The van der Waals surface area contributed by atoms with E-state index in [0.29, 0.717) is 23.0 Å². The molecule has 6 nitrogen and oxygen atoms in total. The highest BCUT2D eigenvalue weighted by Crippen LogP contribution is 2.28. The summed E-state index contributed by atoms with van der Waals surface area (Å²) in [4.78, 5) is 4.50. The second kappa shape index (κ2) is 6.78. The Hall–Kier alpha value is -1.79. The van der Waals surface area contributed by atoms with E-state index in [4.69, 9.17) is 22.0 Å². The minimum atomic E-state index is 0.263. The predicted octanol–water partition coefficient (Wildman–Crippen LogP) is 0.960. The second-order valence-electron chi connectivity index (χ2n) is 5.56. The highest BCUT2D eigenvalue weighted by atomic mass is 16.5. The lowest BCUT2D eigenvalue weighted by Crippen LogP contribution is -2.32. The number of hydrazine groups is 1. The molecular formula is C15H25N5O. The monoisotopic (exact) mass is 291 g/mol. The van der Waals surface area contributed by atoms with Crippen molar-refractivity contribution in [3.05, 3.63) is 29.2 Å². The molecule has 1 aliphatic carbocycles. The SMILES string of the molecule is Cc1nc(/C(N)=C(\CN)N(C)N)ccc1OCC1CCC1. The Morgan fingerprint density at radius 2 is 2.14 bits per heavy atom. The maximum absolute atomic E-state index is 6.10. The van der Waals surface area contributed by atoms with Gasteiger partial charge in [-0.15, -0.1) is 0 Å². The molecule has 1 heterocycles. The van der Waals surface area contributed by atoms with E-state index in [1.54, 1.807) is 7.05 Å². The summed E-state index contributed by atoms with van der Waals surface area (Å²) < 4.78 is 5.83. The number of hydrogen-bond acceptors (Lipinski definition) is 6. The van der Waals surface area contributed by atoms with E-state index >= 15 is 0 Å². The summed E-state index contributed by atoms with van der Waals surface area (Å²) in [6.07, 6.45) is 3.85. The van der Waals surface area contributed by atoms with Gasteiger partial charge in [-0.05, 0) is 37.8 Å². The third kappa shape index (κ3) is 3.65. The first kappa shape index (κ1) is 15.6. The average Bonchev–Trinajstić information content (AvgIpc) is 2.38. The molecule has 0 amide bonds. The van der Waals surface area contributed by atoms with Crippen molar-refractivity contribution in [2.75, 3.05) is 20.2 Å². The fourth-order valence-electron chi connectivity index (χ4n) is 2.31. The van der Waals surface area contributed by atoms with Gasteiger partial charge in [0.2, 0.25) is 0 Å². The summed E-state index contributed by atoms with van der Waals surface area (Å²) in [7, 11) is 1.71. The van der Waals surface area contributed by atoms with Crippen LogP contribution in [0.5, 0.6) is 5.75 Å². The van der Waals surface area contributed by atoms with E-state index < -0.39 is 0 Å². The standard InChI is InChI=1S/C15H25N5O/c1-10-14(21-9-11-4-3-5-11)7-6-12(19-10)15(17)13(8-16)20(2)18/h6-7,11H,3-5,8-9,16-18H2,1-2H3/b15-13-. The van der Waals surface area contributed by atoms with E-state index in [1.807, 2.05) is 19.1 Å². The summed E-state index contributed by atoms with van der Waals surface area (Å²) in [6.45, 7) is 2.95. The van der Waals surface area contributed by atoms with Gasteiger partial charge in [0.05, 0.1) is 29.4 Å². The Morgan fingerprint density at radius 3 is 2.62 bits per heavy atom. The van der Waals surface area contributed by atoms with Crippen molar-refractivity contribution in [1.82, 2.24) is 9.99 Å². The fraction of sp³-hybridized carbons (Fsp3) is 0.533. The van der Waals surface area contributed by atoms with Crippen molar-refractivity contribution in [2.24, 2.45) is 23.2 Å². The fourth-order valence-corrected chi connectivity index (χ4v) is 2.31. The van der Waals surface area contributed by atoms with Crippen LogP contribution < -0.4 is 22.0 Å². The molecule has 0 aromatic carbocycles. The van der Waals surface area contributed by atoms with Gasteiger partial charge in [-0.1, -0.05) is 6.42 Å². The maximum Gasteiger partial charge on any atom is 0.140 e. The number of aryl methyl sites for hydroxylation is 1. The molecule has 6 N–H and O–H groups in total. The third-order valence-corrected chi connectivity index (χ3v) is 3.94. The molecule has 0 spiro atoms. The molecule has 1 fully saturated rings. The number of likely N-dealkylation sites (N-methyl/N-ethyl adjacent to an activating group) is 1. The first-order chi connectivity index (χ1) is 10.0. The number of aromatic nitrogens is 1. The average molecular weight is 291 g/mol. The van der Waals surface area contributed by atoms with Crippen molar-refractivity contribution in [3.63, 3.8) is 0 Å². The molecule has 1 aliphatic rings. The zero-order chi connectivity index (χ0) is 15.4. The van der Waals surface area contributed by atoms with Gasteiger partial charge in [-0.2, -0.15) is 0 Å². The van der Waals surface area contributed by atoms with E-state index in [-0.39, 0.29) is 6.54 Å². The highest BCUT2D eigenvalue weighted by molar-refractivity contribution is 5.63. The van der Waals surface area contributed by atoms with Crippen molar-refractivity contribution in [2.45, 2.75) is 26.2 Å².